The van der Waals surface area contributed by atoms with Crippen molar-refractivity contribution >= 4 is 15.9 Å². The number of aryl methyl sites for hydroxylation is 1. The first-order valence-electron chi connectivity index (χ1n) is 7.25. The molecule has 1 aliphatic carbocycles. The quantitative estimate of drug-likeness (QED) is 0.902. The number of hydrogen-bond acceptors (Lipinski definition) is 3. The Morgan fingerprint density at radius 2 is 2.05 bits per heavy atom. The summed E-state index contributed by atoms with van der Waals surface area (Å²) in [4.78, 5) is 14.3. The molecule has 1 fully saturated rings. The van der Waals surface area contributed by atoms with Crippen molar-refractivity contribution in [3.8, 4) is 0 Å². The summed E-state index contributed by atoms with van der Waals surface area (Å²) < 4.78 is 23.4. The molecule has 5 nitrogen and oxygen atoms in total. The molecule has 2 rings (SSSR count). The number of nitrogens with two attached hydrogens (primary N) is 1. The Morgan fingerprint density at radius 3 is 2.52 bits per heavy atom. The van der Waals surface area contributed by atoms with E-state index in [1.807, 2.05) is 13.8 Å². The van der Waals surface area contributed by atoms with Crippen molar-refractivity contribution in [2.45, 2.75) is 38.0 Å². The van der Waals surface area contributed by atoms with Crippen molar-refractivity contribution < 1.29 is 13.2 Å². The third-order valence-corrected chi connectivity index (χ3v) is 5.01. The molecule has 2 N–H and O–H groups in total. The highest BCUT2D eigenvalue weighted by molar-refractivity contribution is 7.89. The third-order valence-electron chi connectivity index (χ3n) is 4.04. The van der Waals surface area contributed by atoms with Gasteiger partial charge in [0.1, 0.15) is 0 Å². The first kappa shape index (κ1) is 16.0. The molecule has 1 aliphatic rings. The molecule has 0 heterocycles. The van der Waals surface area contributed by atoms with E-state index in [0.29, 0.717) is 19.0 Å². The van der Waals surface area contributed by atoms with E-state index in [2.05, 4.69) is 0 Å². The number of primary sulfonamides is 1. The normalized spacial score (nSPS) is 15.6. The van der Waals surface area contributed by atoms with Gasteiger partial charge in [0.2, 0.25) is 10.0 Å². The maximum atomic E-state index is 12.7. The van der Waals surface area contributed by atoms with Crippen LogP contribution in [0.5, 0.6) is 0 Å². The molecule has 0 aromatic heterocycles. The molecule has 1 aromatic carbocycles. The van der Waals surface area contributed by atoms with Crippen LogP contribution in [0.1, 0.15) is 42.1 Å². The van der Waals surface area contributed by atoms with Gasteiger partial charge in [0.05, 0.1) is 10.5 Å². The number of nitrogens with zero attached hydrogens (tertiary/aromatic N) is 1. The van der Waals surface area contributed by atoms with E-state index in [-0.39, 0.29) is 16.4 Å². The molecule has 0 atom stereocenters. The molecule has 0 bridgehead atoms. The van der Waals surface area contributed by atoms with Crippen LogP contribution in [0, 0.1) is 12.8 Å². The Kier molecular flexibility index (Phi) is 4.68. The van der Waals surface area contributed by atoms with E-state index >= 15 is 0 Å². The zero-order chi connectivity index (χ0) is 15.6. The minimum absolute atomic E-state index is 0.0924. The van der Waals surface area contributed by atoms with Crippen LogP contribution in [0.3, 0.4) is 0 Å². The second-order valence-corrected chi connectivity index (χ2v) is 7.22. The summed E-state index contributed by atoms with van der Waals surface area (Å²) in [6.07, 6.45) is 3.49. The van der Waals surface area contributed by atoms with Gasteiger partial charge in [-0.25, -0.2) is 13.6 Å². The van der Waals surface area contributed by atoms with Crippen molar-refractivity contribution in [3.05, 3.63) is 29.3 Å². The Morgan fingerprint density at radius 1 is 1.38 bits per heavy atom. The van der Waals surface area contributed by atoms with Gasteiger partial charge in [-0.2, -0.15) is 0 Å². The topological polar surface area (TPSA) is 80.5 Å². The van der Waals surface area contributed by atoms with Gasteiger partial charge in [-0.3, -0.25) is 4.79 Å². The molecule has 1 aromatic rings. The standard InChI is InChI=1S/C15H22N2O3S/c1-3-17(10-12-5-4-6-12)15(18)13-9-11(2)7-8-14(13)21(16,19)20/h7-9,12H,3-6,10H2,1-2H3,(H2,16,19,20). The molecular weight excluding hydrogens is 288 g/mol. The van der Waals surface area contributed by atoms with Gasteiger partial charge in [0.15, 0.2) is 0 Å². The summed E-state index contributed by atoms with van der Waals surface area (Å²) in [6.45, 7) is 4.98. The lowest BCUT2D eigenvalue weighted by atomic mass is 9.85. The minimum atomic E-state index is -3.90. The monoisotopic (exact) mass is 310 g/mol. The summed E-state index contributed by atoms with van der Waals surface area (Å²) in [5, 5.41) is 5.23. The van der Waals surface area contributed by atoms with E-state index < -0.39 is 10.0 Å². The summed E-state index contributed by atoms with van der Waals surface area (Å²) in [6, 6.07) is 4.67. The summed E-state index contributed by atoms with van der Waals surface area (Å²) in [5.74, 6) is 0.286. The highest BCUT2D eigenvalue weighted by Gasteiger charge is 2.26. The largest absolute Gasteiger partial charge is 0.339 e. The molecule has 1 amide bonds. The SMILES string of the molecule is CCN(CC1CCC1)C(=O)c1cc(C)ccc1S(N)(=O)=O. The van der Waals surface area contributed by atoms with Gasteiger partial charge in [-0.05, 0) is 44.7 Å². The Labute approximate surface area is 126 Å². The van der Waals surface area contributed by atoms with E-state index in [1.54, 1.807) is 17.0 Å². The average molecular weight is 310 g/mol. The van der Waals surface area contributed by atoms with Crippen molar-refractivity contribution in [3.63, 3.8) is 0 Å². The smallest absolute Gasteiger partial charge is 0.255 e. The van der Waals surface area contributed by atoms with Gasteiger partial charge in [-0.1, -0.05) is 18.1 Å². The van der Waals surface area contributed by atoms with Crippen LogP contribution >= 0.6 is 0 Å². The highest BCUT2D eigenvalue weighted by Crippen LogP contribution is 2.28. The highest BCUT2D eigenvalue weighted by atomic mass is 32.2. The van der Waals surface area contributed by atoms with Crippen LogP contribution in [0.4, 0.5) is 0 Å². The lowest BCUT2D eigenvalue weighted by Crippen LogP contribution is -2.38. The molecule has 0 radical (unpaired) electrons. The van der Waals surface area contributed by atoms with Crippen LogP contribution in [0.2, 0.25) is 0 Å². The average Bonchev–Trinajstić information content (AvgIpc) is 2.35. The van der Waals surface area contributed by atoms with Gasteiger partial charge >= 0.3 is 0 Å². The van der Waals surface area contributed by atoms with Crippen LogP contribution in [0.25, 0.3) is 0 Å². The molecule has 21 heavy (non-hydrogen) atoms. The number of hydrogen-bond donors (Lipinski definition) is 1. The summed E-state index contributed by atoms with van der Waals surface area (Å²) in [7, 11) is -3.90. The second kappa shape index (κ2) is 6.15. The van der Waals surface area contributed by atoms with E-state index in [4.69, 9.17) is 5.14 Å². The van der Waals surface area contributed by atoms with Crippen LogP contribution in [-0.2, 0) is 10.0 Å². The maximum Gasteiger partial charge on any atom is 0.255 e. The first-order valence-corrected chi connectivity index (χ1v) is 8.80. The van der Waals surface area contributed by atoms with Crippen molar-refractivity contribution in [2.24, 2.45) is 11.1 Å². The first-order chi connectivity index (χ1) is 9.82. The summed E-state index contributed by atoms with van der Waals surface area (Å²) in [5.41, 5.74) is 1.02. The molecule has 6 heteroatoms. The minimum Gasteiger partial charge on any atom is -0.339 e. The Balaban J connectivity index is 2.34. The van der Waals surface area contributed by atoms with Gasteiger partial charge in [-0.15, -0.1) is 0 Å². The van der Waals surface area contributed by atoms with Crippen molar-refractivity contribution in [1.82, 2.24) is 4.90 Å². The van der Waals surface area contributed by atoms with Gasteiger partial charge in [0.25, 0.3) is 5.91 Å². The van der Waals surface area contributed by atoms with E-state index in [0.717, 1.165) is 18.4 Å². The molecule has 1 saturated carbocycles. The number of rotatable bonds is 5. The third kappa shape index (κ3) is 3.63. The Bertz CT molecular complexity index is 636. The van der Waals surface area contributed by atoms with E-state index in [9.17, 15) is 13.2 Å². The molecule has 0 saturated heterocycles. The van der Waals surface area contributed by atoms with Gasteiger partial charge in [0, 0.05) is 13.1 Å². The molecule has 0 unspecified atom stereocenters. The fourth-order valence-corrected chi connectivity index (χ4v) is 3.28. The fraction of sp³-hybridized carbons (Fsp3) is 0.533. The molecule has 0 aliphatic heterocycles. The number of carbonyl (C=O) groups is 1. The maximum absolute atomic E-state index is 12.7. The Hall–Kier alpha value is -1.40. The molecule has 116 valence electrons. The second-order valence-electron chi connectivity index (χ2n) is 5.69. The van der Waals surface area contributed by atoms with E-state index in [1.165, 1.54) is 12.5 Å². The zero-order valence-corrected chi connectivity index (χ0v) is 13.3. The van der Waals surface area contributed by atoms with Crippen LogP contribution in [-0.4, -0.2) is 32.3 Å². The fourth-order valence-electron chi connectivity index (χ4n) is 2.57. The van der Waals surface area contributed by atoms with Gasteiger partial charge < -0.3 is 4.90 Å². The number of sulfonamides is 1. The van der Waals surface area contributed by atoms with Crippen molar-refractivity contribution in [2.75, 3.05) is 13.1 Å². The number of amides is 1. The zero-order valence-electron chi connectivity index (χ0n) is 12.5. The number of carbonyl (C=O) groups excluding carboxylic acids is 1. The van der Waals surface area contributed by atoms with Crippen molar-refractivity contribution in [1.29, 1.82) is 0 Å². The summed E-state index contributed by atoms with van der Waals surface area (Å²) >= 11 is 0. The lowest BCUT2D eigenvalue weighted by molar-refractivity contribution is 0.0702. The predicted octanol–water partition coefficient (Wildman–Crippen LogP) is 1.90. The molecular formula is C15H22N2O3S. The van der Waals surface area contributed by atoms with Crippen LogP contribution < -0.4 is 5.14 Å². The molecule has 0 spiro atoms. The predicted molar refractivity (Wildman–Crippen MR) is 81.5 cm³/mol. The van der Waals surface area contributed by atoms with Crippen LogP contribution in [0.15, 0.2) is 23.1 Å². The lowest BCUT2D eigenvalue weighted by Gasteiger charge is -2.32. The number of benzene rings is 1.